The number of aromatic nitrogens is 3. The molecule has 1 aromatic heterocycles. The van der Waals surface area contributed by atoms with E-state index in [9.17, 15) is 13.2 Å². The standard InChI is InChI=1S/C7H10F3N3S2.C2H6/c1-5-4-11-13(12-5)6(14)15-3-2-7(8,9)10;1-2/h4,6,14H,2-3H2,1H3;1-2H3. The molecule has 1 aromatic rings. The first kappa shape index (κ1) is 16.6. The highest BCUT2D eigenvalue weighted by molar-refractivity contribution is 8.09. The maximum atomic E-state index is 11.8. The summed E-state index contributed by atoms with van der Waals surface area (Å²) in [4.78, 5) is 1.29. The van der Waals surface area contributed by atoms with Crippen LogP contribution in [0.3, 0.4) is 0 Å². The minimum Gasteiger partial charge on any atom is -0.171 e. The Balaban J connectivity index is 0.00000121. The molecule has 0 fully saturated rings. The Bertz CT molecular complexity index is 315. The van der Waals surface area contributed by atoms with Crippen LogP contribution in [0.1, 0.15) is 30.7 Å². The van der Waals surface area contributed by atoms with Crippen LogP contribution in [0.5, 0.6) is 0 Å². The molecule has 1 atom stereocenters. The van der Waals surface area contributed by atoms with Crippen LogP contribution in [0, 0.1) is 6.92 Å². The van der Waals surface area contributed by atoms with Crippen molar-refractivity contribution in [2.24, 2.45) is 0 Å². The molecule has 0 aliphatic heterocycles. The molecule has 1 rings (SSSR count). The number of alkyl halides is 3. The van der Waals surface area contributed by atoms with Gasteiger partial charge in [-0.15, -0.1) is 24.4 Å². The fraction of sp³-hybridized carbons (Fsp3) is 0.778. The van der Waals surface area contributed by atoms with Gasteiger partial charge in [-0.3, -0.25) is 0 Å². The van der Waals surface area contributed by atoms with Gasteiger partial charge in [0, 0.05) is 5.75 Å². The van der Waals surface area contributed by atoms with Gasteiger partial charge in [-0.05, 0) is 6.92 Å². The molecular weight excluding hydrogens is 271 g/mol. The Hall–Kier alpha value is -0.370. The smallest absolute Gasteiger partial charge is 0.171 e. The topological polar surface area (TPSA) is 30.7 Å². The first-order chi connectivity index (χ1) is 7.88. The Morgan fingerprint density at radius 2 is 2.06 bits per heavy atom. The van der Waals surface area contributed by atoms with Crippen molar-refractivity contribution in [3.8, 4) is 0 Å². The highest BCUT2D eigenvalue weighted by Gasteiger charge is 2.27. The van der Waals surface area contributed by atoms with E-state index in [2.05, 4.69) is 22.8 Å². The van der Waals surface area contributed by atoms with Crippen LogP contribution >= 0.6 is 24.4 Å². The van der Waals surface area contributed by atoms with Gasteiger partial charge in [0.1, 0.15) is 0 Å². The number of thioether (sulfide) groups is 1. The third-order valence-corrected chi connectivity index (χ3v) is 3.05. The summed E-state index contributed by atoms with van der Waals surface area (Å²) in [7, 11) is 0. The maximum Gasteiger partial charge on any atom is 0.389 e. The molecule has 100 valence electrons. The second-order valence-electron chi connectivity index (χ2n) is 2.87. The highest BCUT2D eigenvalue weighted by atomic mass is 32.2. The highest BCUT2D eigenvalue weighted by Crippen LogP contribution is 2.29. The lowest BCUT2D eigenvalue weighted by Crippen LogP contribution is -2.10. The molecule has 17 heavy (non-hydrogen) atoms. The number of rotatable bonds is 4. The molecule has 0 amide bonds. The number of aryl methyl sites for hydroxylation is 1. The summed E-state index contributed by atoms with van der Waals surface area (Å²) in [6, 6.07) is 0. The lowest BCUT2D eigenvalue weighted by molar-refractivity contribution is -0.129. The molecule has 0 bridgehead atoms. The molecule has 0 saturated carbocycles. The Labute approximate surface area is 109 Å². The zero-order valence-electron chi connectivity index (χ0n) is 9.90. The normalized spacial score (nSPS) is 12.9. The van der Waals surface area contributed by atoms with Crippen molar-refractivity contribution in [1.29, 1.82) is 0 Å². The molecule has 0 aliphatic rings. The predicted molar refractivity (Wildman–Crippen MR) is 67.3 cm³/mol. The zero-order valence-corrected chi connectivity index (χ0v) is 11.6. The summed E-state index contributed by atoms with van der Waals surface area (Å²) in [5.74, 6) is -0.0434. The summed E-state index contributed by atoms with van der Waals surface area (Å²) in [6.07, 6.45) is -3.41. The van der Waals surface area contributed by atoms with E-state index in [-0.39, 0.29) is 5.75 Å². The molecule has 0 radical (unpaired) electrons. The minimum atomic E-state index is -4.12. The maximum absolute atomic E-state index is 11.8. The van der Waals surface area contributed by atoms with Crippen LogP contribution in [-0.2, 0) is 0 Å². The van der Waals surface area contributed by atoms with Gasteiger partial charge in [0.05, 0.1) is 18.3 Å². The van der Waals surface area contributed by atoms with Crippen LogP contribution in [-0.4, -0.2) is 26.9 Å². The molecule has 3 nitrogen and oxygen atoms in total. The monoisotopic (exact) mass is 287 g/mol. The Morgan fingerprint density at radius 1 is 1.47 bits per heavy atom. The minimum absolute atomic E-state index is 0.0434. The van der Waals surface area contributed by atoms with Gasteiger partial charge in [0.15, 0.2) is 4.71 Å². The van der Waals surface area contributed by atoms with E-state index in [1.54, 1.807) is 6.92 Å². The van der Waals surface area contributed by atoms with E-state index >= 15 is 0 Å². The van der Waals surface area contributed by atoms with Crippen molar-refractivity contribution < 1.29 is 13.2 Å². The van der Waals surface area contributed by atoms with Gasteiger partial charge in [-0.25, -0.2) is 0 Å². The number of hydrogen-bond donors (Lipinski definition) is 1. The Kier molecular flexibility index (Phi) is 7.69. The zero-order chi connectivity index (χ0) is 13.5. The van der Waals surface area contributed by atoms with E-state index in [1.807, 2.05) is 13.8 Å². The van der Waals surface area contributed by atoms with E-state index in [0.717, 1.165) is 11.8 Å². The van der Waals surface area contributed by atoms with Crippen LogP contribution < -0.4 is 0 Å². The lowest BCUT2D eigenvalue weighted by atomic mass is 10.5. The summed E-state index contributed by atoms with van der Waals surface area (Å²) in [5, 5.41) is 7.81. The summed E-state index contributed by atoms with van der Waals surface area (Å²) in [6.45, 7) is 5.75. The molecule has 0 saturated heterocycles. The number of nitrogens with zero attached hydrogens (tertiary/aromatic N) is 3. The van der Waals surface area contributed by atoms with Crippen molar-refractivity contribution in [3.05, 3.63) is 11.9 Å². The average molecular weight is 287 g/mol. The predicted octanol–water partition coefficient (Wildman–Crippen LogP) is 3.68. The molecule has 1 unspecified atom stereocenters. The van der Waals surface area contributed by atoms with Crippen molar-refractivity contribution in [2.45, 2.75) is 38.1 Å². The summed E-state index contributed by atoms with van der Waals surface area (Å²) in [5.41, 5.74) is 0.713. The molecule has 0 aromatic carbocycles. The van der Waals surface area contributed by atoms with Crippen molar-refractivity contribution in [1.82, 2.24) is 15.0 Å². The first-order valence-electron chi connectivity index (χ1n) is 5.13. The largest absolute Gasteiger partial charge is 0.389 e. The third-order valence-electron chi connectivity index (χ3n) is 1.47. The summed E-state index contributed by atoms with van der Waals surface area (Å²) < 4.78 is 35.0. The van der Waals surface area contributed by atoms with Crippen LogP contribution in [0.25, 0.3) is 0 Å². The third kappa shape index (κ3) is 7.54. The van der Waals surface area contributed by atoms with Crippen molar-refractivity contribution in [3.63, 3.8) is 0 Å². The van der Waals surface area contributed by atoms with Crippen LogP contribution in [0.2, 0.25) is 0 Å². The Morgan fingerprint density at radius 3 is 2.47 bits per heavy atom. The number of thiol groups is 1. The quantitative estimate of drug-likeness (QED) is 0.677. The van der Waals surface area contributed by atoms with Gasteiger partial charge >= 0.3 is 6.18 Å². The fourth-order valence-electron chi connectivity index (χ4n) is 0.809. The van der Waals surface area contributed by atoms with E-state index in [4.69, 9.17) is 0 Å². The fourth-order valence-corrected chi connectivity index (χ4v) is 2.03. The SMILES string of the molecule is CC.Cc1cnn(C(S)SCCC(F)(F)F)n1. The molecule has 0 spiro atoms. The van der Waals surface area contributed by atoms with Crippen LogP contribution in [0.15, 0.2) is 6.20 Å². The first-order valence-corrected chi connectivity index (χ1v) is 6.70. The van der Waals surface area contributed by atoms with Crippen molar-refractivity contribution >= 4 is 24.4 Å². The number of halogens is 3. The van der Waals surface area contributed by atoms with Gasteiger partial charge < -0.3 is 0 Å². The van der Waals surface area contributed by atoms with Gasteiger partial charge in [0.25, 0.3) is 0 Å². The molecule has 0 aliphatic carbocycles. The van der Waals surface area contributed by atoms with E-state index < -0.39 is 17.3 Å². The molecular formula is C9H16F3N3S2. The van der Waals surface area contributed by atoms with Gasteiger partial charge in [-0.2, -0.15) is 28.2 Å². The molecule has 1 heterocycles. The lowest BCUT2D eigenvalue weighted by Gasteiger charge is -2.10. The summed E-state index contributed by atoms with van der Waals surface area (Å²) >= 11 is 5.15. The average Bonchev–Trinajstić information content (AvgIpc) is 2.66. The molecule has 0 N–H and O–H groups in total. The second-order valence-corrected chi connectivity index (χ2v) is 4.90. The van der Waals surface area contributed by atoms with Crippen LogP contribution in [0.4, 0.5) is 13.2 Å². The molecule has 8 heteroatoms. The van der Waals surface area contributed by atoms with E-state index in [1.165, 1.54) is 11.0 Å². The van der Waals surface area contributed by atoms with Crippen molar-refractivity contribution in [2.75, 3.05) is 5.75 Å². The second kappa shape index (κ2) is 7.86. The van der Waals surface area contributed by atoms with E-state index in [0.29, 0.717) is 5.69 Å². The number of hydrogen-bond acceptors (Lipinski definition) is 4. The van der Waals surface area contributed by atoms with Gasteiger partial charge in [0.2, 0.25) is 0 Å². The van der Waals surface area contributed by atoms with Gasteiger partial charge in [-0.1, -0.05) is 13.8 Å².